The minimum atomic E-state index is -0.878. The van der Waals surface area contributed by atoms with E-state index in [9.17, 15) is 13.8 Å². The van der Waals surface area contributed by atoms with Crippen molar-refractivity contribution in [2.45, 2.75) is 18.9 Å². The summed E-state index contributed by atoms with van der Waals surface area (Å²) < 4.78 is 15.3. The molecule has 0 radical (unpaired) electrons. The van der Waals surface area contributed by atoms with E-state index in [2.05, 4.69) is 10.1 Å². The molecule has 1 amide bonds. The Morgan fingerprint density at radius 3 is 2.43 bits per heavy atom. The molecule has 0 aliphatic carbocycles. The highest BCUT2D eigenvalue weighted by Crippen LogP contribution is 2.08. The fraction of sp³-hybridized carbons (Fsp3) is 0.750. The van der Waals surface area contributed by atoms with Crippen LogP contribution in [-0.2, 0) is 25.1 Å². The van der Waals surface area contributed by atoms with Crippen LogP contribution in [0.1, 0.15) is 12.8 Å². The van der Waals surface area contributed by atoms with Crippen LogP contribution in [0.4, 0.5) is 0 Å². The summed E-state index contributed by atoms with van der Waals surface area (Å²) in [5.74, 6) is -0.417. The van der Waals surface area contributed by atoms with E-state index < -0.39 is 22.7 Å². The van der Waals surface area contributed by atoms with Gasteiger partial charge in [-0.15, -0.1) is 0 Å². The van der Waals surface area contributed by atoms with Crippen molar-refractivity contribution in [2.75, 3.05) is 18.6 Å². The van der Waals surface area contributed by atoms with Gasteiger partial charge in [-0.25, -0.2) is 4.79 Å². The van der Waals surface area contributed by atoms with Gasteiger partial charge < -0.3 is 10.1 Å². The summed E-state index contributed by atoms with van der Waals surface area (Å²) in [5.41, 5.74) is 0. The molecule has 0 aromatic rings. The highest BCUT2D eigenvalue weighted by molar-refractivity contribution is 7.85. The summed E-state index contributed by atoms with van der Waals surface area (Å²) >= 11 is 0. The Kier molecular flexibility index (Phi) is 4.06. The molecule has 0 saturated carbocycles. The molecule has 0 aromatic carbocycles. The Morgan fingerprint density at radius 2 is 1.93 bits per heavy atom. The van der Waals surface area contributed by atoms with Gasteiger partial charge in [0.05, 0.1) is 7.11 Å². The molecule has 1 saturated heterocycles. The molecule has 1 heterocycles. The molecule has 6 heteroatoms. The lowest BCUT2D eigenvalue weighted by molar-refractivity contribution is -0.153. The molecule has 1 aliphatic rings. The van der Waals surface area contributed by atoms with Gasteiger partial charge in [0.25, 0.3) is 0 Å². The highest BCUT2D eigenvalue weighted by atomic mass is 32.2. The van der Waals surface area contributed by atoms with Crippen LogP contribution in [0, 0.1) is 0 Å². The lowest BCUT2D eigenvalue weighted by Crippen LogP contribution is -2.43. The molecule has 1 aliphatic heterocycles. The second kappa shape index (κ2) is 5.09. The number of rotatable bonds is 1. The quantitative estimate of drug-likeness (QED) is 0.462. The summed E-state index contributed by atoms with van der Waals surface area (Å²) in [6, 6.07) is -0.0423. The molecule has 0 aromatic heterocycles. The van der Waals surface area contributed by atoms with E-state index in [0.29, 0.717) is 24.3 Å². The van der Waals surface area contributed by atoms with E-state index in [1.54, 1.807) is 0 Å². The zero-order valence-electron chi connectivity index (χ0n) is 7.95. The van der Waals surface area contributed by atoms with Crippen molar-refractivity contribution < 1.29 is 18.5 Å². The smallest absolute Gasteiger partial charge is 0.396 e. The van der Waals surface area contributed by atoms with Crippen LogP contribution >= 0.6 is 0 Å². The number of methoxy groups -OCH3 is 1. The van der Waals surface area contributed by atoms with Crippen molar-refractivity contribution in [1.29, 1.82) is 0 Å². The van der Waals surface area contributed by atoms with Gasteiger partial charge in [0, 0.05) is 28.3 Å². The van der Waals surface area contributed by atoms with Crippen LogP contribution in [0.15, 0.2) is 0 Å². The predicted octanol–water partition coefficient (Wildman–Crippen LogP) is -0.813. The maximum atomic E-state index is 11.1. The number of hydrogen-bond donors (Lipinski definition) is 1. The van der Waals surface area contributed by atoms with Gasteiger partial charge in [0.15, 0.2) is 0 Å². The number of hydrogen-bond acceptors (Lipinski definition) is 4. The Hall–Kier alpha value is -0.910. The molecule has 0 atom stereocenters. The van der Waals surface area contributed by atoms with E-state index in [4.69, 9.17) is 0 Å². The predicted molar refractivity (Wildman–Crippen MR) is 51.1 cm³/mol. The fourth-order valence-corrected chi connectivity index (χ4v) is 2.57. The lowest BCUT2D eigenvalue weighted by Gasteiger charge is -2.21. The van der Waals surface area contributed by atoms with E-state index in [0.717, 1.165) is 7.11 Å². The second-order valence-electron chi connectivity index (χ2n) is 3.09. The van der Waals surface area contributed by atoms with Gasteiger partial charge >= 0.3 is 11.9 Å². The second-order valence-corrected chi connectivity index (χ2v) is 4.78. The van der Waals surface area contributed by atoms with Crippen LogP contribution in [0.25, 0.3) is 0 Å². The summed E-state index contributed by atoms with van der Waals surface area (Å²) in [7, 11) is 0.409. The van der Waals surface area contributed by atoms with Crippen LogP contribution in [0.5, 0.6) is 0 Å². The van der Waals surface area contributed by atoms with Gasteiger partial charge in [-0.2, -0.15) is 0 Å². The molecule has 0 spiro atoms. The topological polar surface area (TPSA) is 72.5 Å². The third kappa shape index (κ3) is 3.10. The van der Waals surface area contributed by atoms with E-state index in [1.165, 1.54) is 0 Å². The third-order valence-electron chi connectivity index (χ3n) is 2.09. The molecule has 0 bridgehead atoms. The average molecular weight is 219 g/mol. The number of nitrogens with one attached hydrogen (secondary N) is 1. The standard InChI is InChI=1S/C8H13NO4S/c1-13-8(11)7(10)9-6-2-4-14(12)5-3-6/h6H,2-5H2,1H3,(H,9,10). The summed E-state index contributed by atoms with van der Waals surface area (Å²) in [5, 5.41) is 2.54. The van der Waals surface area contributed by atoms with Gasteiger partial charge in [-0.3, -0.25) is 9.00 Å². The van der Waals surface area contributed by atoms with Crippen LogP contribution in [-0.4, -0.2) is 40.7 Å². The number of esters is 1. The maximum Gasteiger partial charge on any atom is 0.396 e. The van der Waals surface area contributed by atoms with Crippen molar-refractivity contribution >= 4 is 22.7 Å². The first-order chi connectivity index (χ1) is 6.63. The van der Waals surface area contributed by atoms with Crippen molar-refractivity contribution in [1.82, 2.24) is 5.32 Å². The molecule has 80 valence electrons. The molecule has 0 unspecified atom stereocenters. The van der Waals surface area contributed by atoms with Crippen molar-refractivity contribution in [2.24, 2.45) is 0 Å². The molecule has 1 rings (SSSR count). The van der Waals surface area contributed by atoms with Crippen LogP contribution < -0.4 is 5.32 Å². The molecular weight excluding hydrogens is 206 g/mol. The molecule has 14 heavy (non-hydrogen) atoms. The number of carbonyl (C=O) groups excluding carboxylic acids is 2. The van der Waals surface area contributed by atoms with Gasteiger partial charge in [0.1, 0.15) is 0 Å². The van der Waals surface area contributed by atoms with Gasteiger partial charge in [0.2, 0.25) is 0 Å². The molecule has 1 fully saturated rings. The first-order valence-electron chi connectivity index (χ1n) is 4.37. The maximum absolute atomic E-state index is 11.1. The highest BCUT2D eigenvalue weighted by Gasteiger charge is 2.22. The number of amides is 1. The van der Waals surface area contributed by atoms with Crippen LogP contribution in [0.2, 0.25) is 0 Å². The largest absolute Gasteiger partial charge is 0.462 e. The minimum Gasteiger partial charge on any atom is -0.462 e. The first kappa shape index (κ1) is 11.2. The average Bonchev–Trinajstić information content (AvgIpc) is 2.20. The Balaban J connectivity index is 2.34. The zero-order chi connectivity index (χ0) is 10.6. The zero-order valence-corrected chi connectivity index (χ0v) is 8.76. The lowest BCUT2D eigenvalue weighted by atomic mass is 10.1. The SMILES string of the molecule is COC(=O)C(=O)NC1CCS(=O)CC1. The summed E-state index contributed by atoms with van der Waals surface area (Å²) in [6.07, 6.45) is 1.32. The van der Waals surface area contributed by atoms with Crippen molar-refractivity contribution in [3.8, 4) is 0 Å². The van der Waals surface area contributed by atoms with Crippen molar-refractivity contribution in [3.63, 3.8) is 0 Å². The minimum absolute atomic E-state index is 0.0423. The van der Waals surface area contributed by atoms with Gasteiger partial charge in [-0.05, 0) is 12.8 Å². The van der Waals surface area contributed by atoms with Crippen molar-refractivity contribution in [3.05, 3.63) is 0 Å². The number of carbonyl (C=O) groups is 2. The van der Waals surface area contributed by atoms with E-state index in [1.807, 2.05) is 0 Å². The fourth-order valence-electron chi connectivity index (χ4n) is 1.28. The Labute approximate surface area is 84.6 Å². The normalized spacial score (nSPS) is 26.6. The molecule has 1 N–H and O–H groups in total. The number of ether oxygens (including phenoxy) is 1. The molecule has 5 nitrogen and oxygen atoms in total. The first-order valence-corrected chi connectivity index (χ1v) is 5.86. The Bertz CT molecular complexity index is 256. The summed E-state index contributed by atoms with van der Waals surface area (Å²) in [4.78, 5) is 21.8. The monoisotopic (exact) mass is 219 g/mol. The van der Waals surface area contributed by atoms with E-state index >= 15 is 0 Å². The Morgan fingerprint density at radius 1 is 1.36 bits per heavy atom. The molecular formula is C8H13NO4S. The summed E-state index contributed by atoms with van der Waals surface area (Å²) in [6.45, 7) is 0. The van der Waals surface area contributed by atoms with Gasteiger partial charge in [-0.1, -0.05) is 0 Å². The van der Waals surface area contributed by atoms with Crippen LogP contribution in [0.3, 0.4) is 0 Å². The third-order valence-corrected chi connectivity index (χ3v) is 3.48. The van der Waals surface area contributed by atoms with E-state index in [-0.39, 0.29) is 6.04 Å².